The van der Waals surface area contributed by atoms with Crippen LogP contribution in [0.25, 0.3) is 0 Å². The summed E-state index contributed by atoms with van der Waals surface area (Å²) in [5.74, 6) is -0.509. The molecule has 0 saturated carbocycles. The van der Waals surface area contributed by atoms with Gasteiger partial charge in [-0.1, -0.05) is 0 Å². The molecule has 1 amide bonds. The average molecular weight is 437 g/mol. The number of carbonyl (C=O) groups excluding carboxylic acids is 2. The second-order valence-corrected chi connectivity index (χ2v) is 32.8. The number of aliphatic imine (C=N–C) groups is 1. The van der Waals surface area contributed by atoms with Crippen molar-refractivity contribution in [3.05, 3.63) is 0 Å². The van der Waals surface area contributed by atoms with Crippen molar-refractivity contribution in [3.63, 3.8) is 0 Å². The molecule has 0 rings (SSSR count). The molecule has 0 fully saturated rings. The molecule has 0 spiro atoms. The molecular weight excluding hydrogens is 426 g/mol. The maximum absolute atomic E-state index is 9.61. The summed E-state index contributed by atoms with van der Waals surface area (Å²) >= 11 is 2.56. The standard InChI is InChI=1S/C3H3NO2.H8IP7/c1-3(6)4-2-5;1-6(7(2)3)8(4)5/h1H3;2-5H2. The van der Waals surface area contributed by atoms with Crippen LogP contribution in [0, 0.1) is 0 Å². The molecule has 0 aliphatic carbocycles. The predicted octanol–water partition coefficient (Wildman–Crippen LogP) is 4.64. The van der Waals surface area contributed by atoms with Gasteiger partial charge in [-0.15, -0.1) is 40.7 Å². The van der Waals surface area contributed by atoms with Crippen LogP contribution in [0.5, 0.6) is 0 Å². The van der Waals surface area contributed by atoms with E-state index in [1.807, 2.05) is 0 Å². The molecular formula is C3H11INO2P7. The predicted molar refractivity (Wildman–Crippen MR) is 92.4 cm³/mol. The van der Waals surface area contributed by atoms with E-state index in [1.54, 1.807) is 0 Å². The van der Waals surface area contributed by atoms with Gasteiger partial charge in [-0.3, -0.25) is 4.79 Å². The molecule has 3 nitrogen and oxygen atoms in total. The SMILES string of the molecule is CC(=O)N=C=O.PP(P)P(I)P(P)P. The van der Waals surface area contributed by atoms with Crippen LogP contribution in [0.1, 0.15) is 6.92 Å². The summed E-state index contributed by atoms with van der Waals surface area (Å²) in [7, 11) is 11.5. The van der Waals surface area contributed by atoms with Crippen molar-refractivity contribution >= 4 is 88.7 Å². The lowest BCUT2D eigenvalue weighted by Gasteiger charge is -2.16. The van der Waals surface area contributed by atoms with E-state index in [-0.39, 0.29) is 18.9 Å². The third kappa shape index (κ3) is 14.8. The van der Waals surface area contributed by atoms with Gasteiger partial charge in [0.1, 0.15) is 0 Å². The molecule has 0 aromatic rings. The highest BCUT2D eigenvalue weighted by Gasteiger charge is 2.11. The molecule has 4 atom stereocenters. The minimum absolute atomic E-state index is 0.171. The third-order valence-electron chi connectivity index (χ3n) is 0.584. The van der Waals surface area contributed by atoms with Crippen LogP contribution in [0.15, 0.2) is 4.99 Å². The van der Waals surface area contributed by atoms with E-state index in [4.69, 9.17) is 4.79 Å². The fourth-order valence-electron chi connectivity index (χ4n) is 0.184. The van der Waals surface area contributed by atoms with Gasteiger partial charge in [-0.2, -0.15) is 0 Å². The van der Waals surface area contributed by atoms with E-state index >= 15 is 0 Å². The average Bonchev–Trinajstić information content (AvgIpc) is 2.03. The first-order valence-electron chi connectivity index (χ1n) is 2.96. The van der Waals surface area contributed by atoms with Gasteiger partial charge in [0, 0.05) is 11.9 Å². The highest BCUT2D eigenvalue weighted by atomic mass is 127. The van der Waals surface area contributed by atoms with Gasteiger partial charge < -0.3 is 0 Å². The number of carbonyl (C=O) groups is 1. The Kier molecular flexibility index (Phi) is 16.7. The smallest absolute Gasteiger partial charge is 0.253 e. The molecule has 0 aliphatic rings. The molecule has 0 bridgehead atoms. The van der Waals surface area contributed by atoms with Crippen LogP contribution in [0.2, 0.25) is 0 Å². The molecule has 4 unspecified atom stereocenters. The summed E-state index contributed by atoms with van der Waals surface area (Å²) in [6, 6.07) is 0. The fraction of sp³-hybridized carbons (Fsp3) is 0.333. The molecule has 11 heteroatoms. The number of isocyanates is 1. The molecule has 0 aromatic heterocycles. The van der Waals surface area contributed by atoms with Crippen LogP contribution in [0.3, 0.4) is 0 Å². The van der Waals surface area contributed by atoms with Gasteiger partial charge in [0.25, 0.3) is 5.91 Å². The fourth-order valence-corrected chi connectivity index (χ4v) is 29.0. The largest absolute Gasteiger partial charge is 0.272 e. The van der Waals surface area contributed by atoms with Crippen molar-refractivity contribution in [1.82, 2.24) is 0 Å². The van der Waals surface area contributed by atoms with Crippen LogP contribution in [0.4, 0.5) is 0 Å². The van der Waals surface area contributed by atoms with E-state index < -0.39 is 5.91 Å². The number of rotatable bonds is 2. The molecule has 14 heavy (non-hydrogen) atoms. The molecule has 0 radical (unpaired) electrons. The first-order valence-corrected chi connectivity index (χ1v) is 17.7. The Morgan fingerprint density at radius 2 is 1.64 bits per heavy atom. The topological polar surface area (TPSA) is 46.5 Å². The Hall–Kier alpha value is 2.79. The van der Waals surface area contributed by atoms with E-state index in [0.717, 1.165) is 6.08 Å². The second-order valence-electron chi connectivity index (χ2n) is 1.72. The third-order valence-corrected chi connectivity index (χ3v) is 48.6. The molecule has 0 saturated heterocycles. The summed E-state index contributed by atoms with van der Waals surface area (Å²) in [5, 5.41) is 0. The maximum atomic E-state index is 9.61. The lowest BCUT2D eigenvalue weighted by Crippen LogP contribution is -1.77. The normalized spacial score (nSPS) is 9.50. The molecule has 0 N–H and O–H groups in total. The first kappa shape index (κ1) is 19.1. The Bertz CT molecular complexity index is 209. The second kappa shape index (κ2) is 12.3. The lowest BCUT2D eigenvalue weighted by atomic mass is 10.8. The van der Waals surface area contributed by atoms with E-state index in [9.17, 15) is 4.79 Å². The van der Waals surface area contributed by atoms with Crippen molar-refractivity contribution in [1.29, 1.82) is 0 Å². The molecule has 0 aliphatic heterocycles. The highest BCUT2D eigenvalue weighted by Crippen LogP contribution is 3.00. The molecule has 82 valence electrons. The van der Waals surface area contributed by atoms with E-state index in [2.05, 4.69) is 62.7 Å². The minimum atomic E-state index is -0.509. The zero-order valence-electron chi connectivity index (χ0n) is 7.29. The maximum Gasteiger partial charge on any atom is 0.253 e. The van der Waals surface area contributed by atoms with Crippen LogP contribution in [-0.4, -0.2) is 12.0 Å². The summed E-state index contributed by atoms with van der Waals surface area (Å²) in [4.78, 5) is 21.7. The van der Waals surface area contributed by atoms with Gasteiger partial charge in [0.2, 0.25) is 6.08 Å². The summed E-state index contributed by atoms with van der Waals surface area (Å²) in [6.07, 6.45) is 1.09. The number of nitrogens with zero attached hydrogens (tertiary/aromatic N) is 1. The van der Waals surface area contributed by atoms with Gasteiger partial charge in [-0.05, 0) is 36.0 Å². The first-order chi connectivity index (χ1) is 6.32. The summed E-state index contributed by atoms with van der Waals surface area (Å²) in [5.41, 5.74) is 0. The number of amides is 1. The molecule has 0 heterocycles. The number of halogens is 1. The Morgan fingerprint density at radius 3 is 1.64 bits per heavy atom. The number of hydrogen-bond acceptors (Lipinski definition) is 2. The zero-order valence-corrected chi connectivity index (χ0v) is 16.8. The number of hydrogen-bond donors (Lipinski definition) is 0. The monoisotopic (exact) mass is 437 g/mol. The van der Waals surface area contributed by atoms with Crippen LogP contribution >= 0.6 is 76.7 Å². The molecule has 0 aromatic carbocycles. The summed E-state index contributed by atoms with van der Waals surface area (Å²) in [6.45, 7) is 1.53. The van der Waals surface area contributed by atoms with E-state index in [1.165, 1.54) is 6.92 Å². The zero-order chi connectivity index (χ0) is 11.7. The Balaban J connectivity index is 0. The van der Waals surface area contributed by atoms with E-state index in [0.29, 0.717) is 0 Å². The highest BCUT2D eigenvalue weighted by molar-refractivity contribution is 14.2. The lowest BCUT2D eigenvalue weighted by molar-refractivity contribution is -0.115. The van der Waals surface area contributed by atoms with Crippen molar-refractivity contribution in [2.75, 3.05) is 0 Å². The Labute approximate surface area is 109 Å². The van der Waals surface area contributed by atoms with Gasteiger partial charge >= 0.3 is 0 Å². The quantitative estimate of drug-likeness (QED) is 0.274. The van der Waals surface area contributed by atoms with Gasteiger partial charge in [0.05, 0.1) is 0 Å². The summed E-state index contributed by atoms with van der Waals surface area (Å²) < 4.78 is 0. The Morgan fingerprint density at radius 1 is 1.29 bits per heavy atom. The van der Waals surface area contributed by atoms with Crippen molar-refractivity contribution < 1.29 is 9.59 Å². The van der Waals surface area contributed by atoms with Crippen LogP contribution < -0.4 is 0 Å². The minimum Gasteiger partial charge on any atom is -0.272 e. The van der Waals surface area contributed by atoms with Crippen molar-refractivity contribution in [2.24, 2.45) is 4.99 Å². The van der Waals surface area contributed by atoms with Gasteiger partial charge in [0.15, 0.2) is 0 Å². The van der Waals surface area contributed by atoms with Crippen molar-refractivity contribution in [2.45, 2.75) is 6.92 Å². The van der Waals surface area contributed by atoms with Crippen LogP contribution in [-0.2, 0) is 9.59 Å². The van der Waals surface area contributed by atoms with Crippen molar-refractivity contribution in [3.8, 4) is 0 Å². The van der Waals surface area contributed by atoms with Gasteiger partial charge in [-0.25, -0.2) is 4.79 Å².